The molecule has 2 amide bonds. The Hall–Kier alpha value is -4.94. The van der Waals surface area contributed by atoms with E-state index in [4.69, 9.17) is 4.74 Å². The predicted octanol–water partition coefficient (Wildman–Crippen LogP) is 4.84. The van der Waals surface area contributed by atoms with E-state index in [0.717, 1.165) is 27.4 Å². The summed E-state index contributed by atoms with van der Waals surface area (Å²) < 4.78 is 31.9. The van der Waals surface area contributed by atoms with Gasteiger partial charge in [0.1, 0.15) is 5.75 Å². The summed E-state index contributed by atoms with van der Waals surface area (Å²) in [6.07, 6.45) is 3.62. The fourth-order valence-electron chi connectivity index (χ4n) is 5.23. The van der Waals surface area contributed by atoms with Crippen molar-refractivity contribution in [3.05, 3.63) is 120 Å². The summed E-state index contributed by atoms with van der Waals surface area (Å²) in [6, 6.07) is 23.9. The molecule has 0 saturated carbocycles. The zero-order valence-corrected chi connectivity index (χ0v) is 30.2. The highest BCUT2D eigenvalue weighted by atomic mass is 32.2. The number of amides is 2. The van der Waals surface area contributed by atoms with Crippen molar-refractivity contribution in [1.82, 2.24) is 15.6 Å². The Balaban J connectivity index is 1.61. The Bertz CT molecular complexity index is 1840. The number of hydrogen-bond acceptors (Lipinski definition) is 8. The summed E-state index contributed by atoms with van der Waals surface area (Å²) in [5.74, 6) is -0.0953. The van der Waals surface area contributed by atoms with Gasteiger partial charge in [0.25, 0.3) is 11.8 Å². The first-order valence-electron chi connectivity index (χ1n) is 16.5. The standard InChI is InChI=1S/C38H47N5O6S/c1-26(2)25-49-34-21-33(22-39-23-34)42(4)24-36(44)35(17-28-13-9-7-10-14-28)41-38(46)31-18-30(19-32(20-31)43(5)50(6,47)48)37(45)40-27(3)29-15-11-8-12-16-29/h7-16,18-23,26-27,35-36,44H,17,24-25H2,1-6H3,(H,40,45)(H,41,46)/t27-,35+,36-/m1/s1. The topological polar surface area (TPSA) is 141 Å². The monoisotopic (exact) mass is 701 g/mol. The molecule has 0 aliphatic rings. The van der Waals surface area contributed by atoms with Gasteiger partial charge in [-0.3, -0.25) is 18.9 Å². The molecule has 1 aromatic heterocycles. The van der Waals surface area contributed by atoms with Crippen molar-refractivity contribution in [2.75, 3.05) is 42.7 Å². The maximum Gasteiger partial charge on any atom is 0.251 e. The van der Waals surface area contributed by atoms with Crippen LogP contribution in [-0.4, -0.2) is 76.0 Å². The number of carbonyl (C=O) groups is 2. The summed E-state index contributed by atoms with van der Waals surface area (Å²) in [5.41, 5.74) is 2.82. The Labute approximate surface area is 295 Å². The van der Waals surface area contributed by atoms with Crippen LogP contribution in [0.3, 0.4) is 0 Å². The second-order valence-electron chi connectivity index (χ2n) is 12.9. The SMILES string of the molecule is CC(C)COc1cncc(N(C)C[C@@H](O)[C@H](Cc2ccccc2)NC(=O)c2cc(C(=O)N[C@H](C)c3ccccc3)cc(N(C)S(C)(=O)=O)c2)c1. The van der Waals surface area contributed by atoms with Gasteiger partial charge in [0.15, 0.2) is 0 Å². The van der Waals surface area contributed by atoms with Crippen molar-refractivity contribution < 1.29 is 27.9 Å². The molecule has 0 radical (unpaired) electrons. The van der Waals surface area contributed by atoms with Gasteiger partial charge >= 0.3 is 0 Å². The molecule has 4 rings (SSSR count). The number of ether oxygens (including phenoxy) is 1. The van der Waals surface area contributed by atoms with E-state index in [9.17, 15) is 23.1 Å². The fraction of sp³-hybridized carbons (Fsp3) is 0.342. The van der Waals surface area contributed by atoms with Crippen LogP contribution in [0.25, 0.3) is 0 Å². The molecule has 1 heterocycles. The minimum absolute atomic E-state index is 0.0633. The van der Waals surface area contributed by atoms with Crippen LogP contribution in [0, 0.1) is 5.92 Å². The van der Waals surface area contributed by atoms with Crippen LogP contribution in [-0.2, 0) is 16.4 Å². The zero-order chi connectivity index (χ0) is 36.4. The first-order valence-corrected chi connectivity index (χ1v) is 18.3. The van der Waals surface area contributed by atoms with Crippen LogP contribution in [0.4, 0.5) is 11.4 Å². The second kappa shape index (κ2) is 17.1. The molecule has 11 nitrogen and oxygen atoms in total. The molecule has 4 aromatic rings. The number of carbonyl (C=O) groups excluding carboxylic acids is 2. The number of aliphatic hydroxyl groups excluding tert-OH is 1. The van der Waals surface area contributed by atoms with Crippen LogP contribution in [0.1, 0.15) is 58.7 Å². The molecule has 0 spiro atoms. The van der Waals surface area contributed by atoms with E-state index in [1.54, 1.807) is 12.4 Å². The van der Waals surface area contributed by atoms with Gasteiger partial charge in [-0.2, -0.15) is 0 Å². The van der Waals surface area contributed by atoms with E-state index in [-0.39, 0.29) is 29.4 Å². The van der Waals surface area contributed by atoms with E-state index < -0.39 is 34.0 Å². The quantitative estimate of drug-likeness (QED) is 0.151. The molecule has 3 N–H and O–H groups in total. The summed E-state index contributed by atoms with van der Waals surface area (Å²) in [7, 11) is -0.548. The number of likely N-dealkylation sites (N-methyl/N-ethyl adjacent to an activating group) is 1. The lowest BCUT2D eigenvalue weighted by atomic mass is 9.99. The third-order valence-electron chi connectivity index (χ3n) is 8.21. The number of rotatable bonds is 16. The summed E-state index contributed by atoms with van der Waals surface area (Å²) >= 11 is 0. The first kappa shape index (κ1) is 37.9. The molecular formula is C38H47N5O6S. The predicted molar refractivity (Wildman–Crippen MR) is 197 cm³/mol. The molecule has 0 aliphatic heterocycles. The minimum Gasteiger partial charge on any atom is -0.492 e. The molecule has 0 bridgehead atoms. The van der Waals surface area contributed by atoms with Crippen LogP contribution in [0.15, 0.2) is 97.3 Å². The number of hydrogen-bond donors (Lipinski definition) is 3. The number of nitrogens with one attached hydrogen (secondary N) is 2. The highest BCUT2D eigenvalue weighted by molar-refractivity contribution is 7.92. The van der Waals surface area contributed by atoms with Crippen molar-refractivity contribution in [1.29, 1.82) is 0 Å². The van der Waals surface area contributed by atoms with E-state index in [0.29, 0.717) is 24.7 Å². The molecule has 266 valence electrons. The lowest BCUT2D eigenvalue weighted by molar-refractivity contribution is 0.0843. The number of aliphatic hydroxyl groups is 1. The smallest absolute Gasteiger partial charge is 0.251 e. The average molecular weight is 702 g/mol. The third kappa shape index (κ3) is 10.8. The maximum atomic E-state index is 14.0. The van der Waals surface area contributed by atoms with Gasteiger partial charge in [-0.25, -0.2) is 8.42 Å². The van der Waals surface area contributed by atoms with Gasteiger partial charge in [0.2, 0.25) is 10.0 Å². The largest absolute Gasteiger partial charge is 0.492 e. The van der Waals surface area contributed by atoms with Crippen molar-refractivity contribution >= 4 is 33.2 Å². The zero-order valence-electron chi connectivity index (χ0n) is 29.4. The number of anilines is 2. The van der Waals surface area contributed by atoms with Crippen molar-refractivity contribution in [2.24, 2.45) is 5.92 Å². The van der Waals surface area contributed by atoms with Crippen LogP contribution in [0.5, 0.6) is 5.75 Å². The summed E-state index contributed by atoms with van der Waals surface area (Å²) in [6.45, 7) is 6.64. The highest BCUT2D eigenvalue weighted by Crippen LogP contribution is 2.23. The molecule has 0 saturated heterocycles. The Morgan fingerprint density at radius 3 is 2.04 bits per heavy atom. The van der Waals surface area contributed by atoms with E-state index >= 15 is 0 Å². The Morgan fingerprint density at radius 1 is 0.840 bits per heavy atom. The van der Waals surface area contributed by atoms with Crippen LogP contribution >= 0.6 is 0 Å². The number of benzene rings is 3. The number of nitrogens with zero attached hydrogens (tertiary/aromatic N) is 3. The maximum absolute atomic E-state index is 14.0. The fourth-order valence-corrected chi connectivity index (χ4v) is 5.71. The molecule has 12 heteroatoms. The lowest BCUT2D eigenvalue weighted by Crippen LogP contribution is -2.49. The Kier molecular flexibility index (Phi) is 13.0. The van der Waals surface area contributed by atoms with Crippen LogP contribution in [0.2, 0.25) is 0 Å². The number of pyridine rings is 1. The normalized spacial score (nSPS) is 13.2. The molecule has 0 unspecified atom stereocenters. The number of sulfonamides is 1. The van der Waals surface area contributed by atoms with Gasteiger partial charge in [-0.1, -0.05) is 74.5 Å². The van der Waals surface area contributed by atoms with Gasteiger partial charge in [0.05, 0.1) is 54.8 Å². The molecule has 0 aliphatic carbocycles. The van der Waals surface area contributed by atoms with Gasteiger partial charge in [-0.15, -0.1) is 0 Å². The lowest BCUT2D eigenvalue weighted by Gasteiger charge is -2.29. The third-order valence-corrected chi connectivity index (χ3v) is 9.42. The Morgan fingerprint density at radius 2 is 1.44 bits per heavy atom. The molecular weight excluding hydrogens is 655 g/mol. The summed E-state index contributed by atoms with van der Waals surface area (Å²) in [5, 5.41) is 17.5. The molecule has 50 heavy (non-hydrogen) atoms. The van der Waals surface area contributed by atoms with Gasteiger partial charge in [-0.05, 0) is 48.6 Å². The summed E-state index contributed by atoms with van der Waals surface area (Å²) in [4.78, 5) is 33.6. The molecule has 0 fully saturated rings. The average Bonchev–Trinajstić information content (AvgIpc) is 3.10. The highest BCUT2D eigenvalue weighted by Gasteiger charge is 2.26. The minimum atomic E-state index is -3.72. The van der Waals surface area contributed by atoms with Gasteiger partial charge in [0, 0.05) is 37.8 Å². The second-order valence-corrected chi connectivity index (χ2v) is 14.9. The van der Waals surface area contributed by atoms with E-state index in [2.05, 4.69) is 29.5 Å². The van der Waals surface area contributed by atoms with Crippen LogP contribution < -0.4 is 24.6 Å². The molecule has 3 aromatic carbocycles. The van der Waals surface area contributed by atoms with Crippen molar-refractivity contribution in [3.63, 3.8) is 0 Å². The molecule has 3 atom stereocenters. The van der Waals surface area contributed by atoms with E-state index in [1.807, 2.05) is 85.6 Å². The number of aromatic nitrogens is 1. The van der Waals surface area contributed by atoms with Crippen molar-refractivity contribution in [3.8, 4) is 5.75 Å². The van der Waals surface area contributed by atoms with Gasteiger partial charge < -0.3 is 25.4 Å². The van der Waals surface area contributed by atoms with Crippen molar-refractivity contribution in [2.45, 2.75) is 45.4 Å². The van der Waals surface area contributed by atoms with E-state index in [1.165, 1.54) is 25.2 Å². The first-order chi connectivity index (χ1) is 23.7.